The normalized spacial score (nSPS) is 10.4. The molecule has 4 heteroatoms. The minimum absolute atomic E-state index is 0.571. The van der Waals surface area contributed by atoms with Crippen LogP contribution in [0.3, 0.4) is 0 Å². The third kappa shape index (κ3) is 4.24. The molecule has 0 bridgehead atoms. The van der Waals surface area contributed by atoms with Crippen LogP contribution in [-0.2, 0) is 11.2 Å². The van der Waals surface area contributed by atoms with Gasteiger partial charge in [0.05, 0.1) is 7.11 Å². The molecule has 4 nitrogen and oxygen atoms in total. The summed E-state index contributed by atoms with van der Waals surface area (Å²) in [6.45, 7) is 6.14. The maximum Gasteiger partial charge on any atom is 0.267 e. The lowest BCUT2D eigenvalue weighted by Crippen LogP contribution is -2.14. The molecular formula is C16H21NO3. The highest BCUT2D eigenvalue weighted by molar-refractivity contribution is 5.91. The fraction of sp³-hybridized carbons (Fsp3) is 0.312. The zero-order chi connectivity index (χ0) is 15.1. The number of methoxy groups -OCH3 is 1. The van der Waals surface area contributed by atoms with Gasteiger partial charge in [0.1, 0.15) is 5.75 Å². The van der Waals surface area contributed by atoms with Gasteiger partial charge in [-0.1, -0.05) is 23.8 Å². The minimum Gasteiger partial charge on any atom is -0.496 e. The Labute approximate surface area is 119 Å². The summed E-state index contributed by atoms with van der Waals surface area (Å²) in [6.07, 6.45) is 5.80. The fourth-order valence-electron chi connectivity index (χ4n) is 1.88. The molecule has 0 aliphatic rings. The van der Waals surface area contributed by atoms with Crippen LogP contribution in [0.1, 0.15) is 30.5 Å². The van der Waals surface area contributed by atoms with E-state index in [4.69, 9.17) is 9.94 Å². The number of hydroxylamine groups is 1. The van der Waals surface area contributed by atoms with Crippen LogP contribution in [0.25, 0.3) is 6.08 Å². The van der Waals surface area contributed by atoms with E-state index >= 15 is 0 Å². The van der Waals surface area contributed by atoms with Crippen LogP contribution >= 0.6 is 0 Å². The topological polar surface area (TPSA) is 58.6 Å². The van der Waals surface area contributed by atoms with E-state index in [2.05, 4.69) is 19.9 Å². The summed E-state index contributed by atoms with van der Waals surface area (Å²) in [5.74, 6) is 0.183. The largest absolute Gasteiger partial charge is 0.496 e. The number of aryl methyl sites for hydroxylation is 1. The van der Waals surface area contributed by atoms with E-state index in [-0.39, 0.29) is 0 Å². The van der Waals surface area contributed by atoms with Crippen LogP contribution in [0.15, 0.2) is 29.9 Å². The van der Waals surface area contributed by atoms with E-state index in [0.29, 0.717) is 0 Å². The Morgan fingerprint density at radius 3 is 2.65 bits per heavy atom. The van der Waals surface area contributed by atoms with Gasteiger partial charge in [-0.05, 0) is 38.8 Å². The van der Waals surface area contributed by atoms with E-state index in [1.165, 1.54) is 11.6 Å². The fourth-order valence-corrected chi connectivity index (χ4v) is 1.88. The van der Waals surface area contributed by atoms with Crippen molar-refractivity contribution < 1.29 is 14.7 Å². The molecule has 20 heavy (non-hydrogen) atoms. The quantitative estimate of drug-likeness (QED) is 0.376. The highest BCUT2D eigenvalue weighted by Crippen LogP contribution is 2.29. The van der Waals surface area contributed by atoms with Gasteiger partial charge in [0, 0.05) is 17.2 Å². The van der Waals surface area contributed by atoms with Gasteiger partial charge < -0.3 is 4.74 Å². The molecule has 0 fully saturated rings. The molecule has 0 saturated carbocycles. The van der Waals surface area contributed by atoms with Crippen LogP contribution in [0, 0.1) is 6.92 Å². The van der Waals surface area contributed by atoms with Crippen molar-refractivity contribution in [3.05, 3.63) is 46.5 Å². The number of ether oxygens (including phenoxy) is 1. The molecule has 108 valence electrons. The van der Waals surface area contributed by atoms with Gasteiger partial charge in [0.25, 0.3) is 5.91 Å². The Bertz CT molecular complexity index is 541. The second-order valence-corrected chi connectivity index (χ2v) is 4.78. The van der Waals surface area contributed by atoms with Crippen molar-refractivity contribution in [1.29, 1.82) is 0 Å². The molecule has 0 atom stereocenters. The highest BCUT2D eigenvalue weighted by Gasteiger charge is 2.09. The summed E-state index contributed by atoms with van der Waals surface area (Å²) in [7, 11) is 1.62. The lowest BCUT2D eigenvalue weighted by atomic mass is 9.99. The number of carbonyl (C=O) groups excluding carboxylic acids is 1. The molecule has 0 unspecified atom stereocenters. The summed E-state index contributed by atoms with van der Waals surface area (Å²) >= 11 is 0. The molecular weight excluding hydrogens is 254 g/mol. The standard InChI is InChI=1S/C16H21NO3/c1-11(2)5-9-14-12(3)6-7-13(16(14)20-4)8-10-15(18)17-19/h5-8,10,19H,9H2,1-4H3,(H,17,18)/b10-8-. The number of rotatable bonds is 5. The molecule has 0 radical (unpaired) electrons. The predicted octanol–water partition coefficient (Wildman–Crippen LogP) is 3.03. The van der Waals surface area contributed by atoms with E-state index in [0.717, 1.165) is 28.9 Å². The molecule has 0 heterocycles. The van der Waals surface area contributed by atoms with E-state index in [9.17, 15) is 4.79 Å². The Morgan fingerprint density at radius 1 is 1.40 bits per heavy atom. The van der Waals surface area contributed by atoms with Crippen LogP contribution < -0.4 is 10.2 Å². The monoisotopic (exact) mass is 275 g/mol. The van der Waals surface area contributed by atoms with Crippen molar-refractivity contribution in [3.8, 4) is 5.75 Å². The molecule has 0 aliphatic heterocycles. The Balaban J connectivity index is 3.20. The van der Waals surface area contributed by atoms with Crippen LogP contribution in [0.2, 0.25) is 0 Å². The second kappa shape index (κ2) is 7.50. The van der Waals surface area contributed by atoms with E-state index in [1.54, 1.807) is 18.7 Å². The molecule has 0 aliphatic carbocycles. The summed E-state index contributed by atoms with van der Waals surface area (Å²) in [5.41, 5.74) is 5.85. The van der Waals surface area contributed by atoms with E-state index < -0.39 is 5.91 Å². The molecule has 1 aromatic rings. The first-order chi connectivity index (χ1) is 9.49. The van der Waals surface area contributed by atoms with Gasteiger partial charge in [0.2, 0.25) is 0 Å². The molecule has 0 saturated heterocycles. The maximum absolute atomic E-state index is 11.1. The maximum atomic E-state index is 11.1. The summed E-state index contributed by atoms with van der Waals surface area (Å²) in [6, 6.07) is 3.88. The summed E-state index contributed by atoms with van der Waals surface area (Å²) in [5, 5.41) is 8.49. The molecule has 1 aromatic carbocycles. The van der Waals surface area contributed by atoms with Crippen LogP contribution in [0.5, 0.6) is 5.75 Å². The first kappa shape index (κ1) is 16.0. The van der Waals surface area contributed by atoms with Crippen molar-refractivity contribution in [3.63, 3.8) is 0 Å². The van der Waals surface area contributed by atoms with Crippen molar-refractivity contribution >= 4 is 12.0 Å². The van der Waals surface area contributed by atoms with Crippen molar-refractivity contribution in [2.24, 2.45) is 0 Å². The van der Waals surface area contributed by atoms with Gasteiger partial charge in [-0.3, -0.25) is 10.0 Å². The Kier molecular flexibility index (Phi) is 6.00. The first-order valence-electron chi connectivity index (χ1n) is 6.41. The van der Waals surface area contributed by atoms with E-state index in [1.807, 2.05) is 19.1 Å². The SMILES string of the molecule is COc1c(/C=C\C(=O)NO)ccc(C)c1CC=C(C)C. The van der Waals surface area contributed by atoms with Crippen molar-refractivity contribution in [2.45, 2.75) is 27.2 Å². The van der Waals surface area contributed by atoms with Gasteiger partial charge in [0.15, 0.2) is 0 Å². The number of hydrogen-bond acceptors (Lipinski definition) is 3. The smallest absolute Gasteiger partial charge is 0.267 e. The lowest BCUT2D eigenvalue weighted by molar-refractivity contribution is -0.124. The number of benzene rings is 1. The number of amides is 1. The zero-order valence-electron chi connectivity index (χ0n) is 12.4. The highest BCUT2D eigenvalue weighted by atomic mass is 16.5. The lowest BCUT2D eigenvalue weighted by Gasteiger charge is -2.13. The molecule has 0 aromatic heterocycles. The van der Waals surface area contributed by atoms with Crippen molar-refractivity contribution in [1.82, 2.24) is 5.48 Å². The summed E-state index contributed by atoms with van der Waals surface area (Å²) < 4.78 is 5.48. The van der Waals surface area contributed by atoms with Crippen LogP contribution in [-0.4, -0.2) is 18.2 Å². The number of nitrogens with one attached hydrogen (secondary N) is 1. The Morgan fingerprint density at radius 2 is 2.10 bits per heavy atom. The average Bonchev–Trinajstić information content (AvgIpc) is 2.43. The average molecular weight is 275 g/mol. The third-order valence-corrected chi connectivity index (χ3v) is 2.97. The summed E-state index contributed by atoms with van der Waals surface area (Å²) in [4.78, 5) is 11.1. The second-order valence-electron chi connectivity index (χ2n) is 4.78. The molecule has 0 spiro atoms. The van der Waals surface area contributed by atoms with Crippen LogP contribution in [0.4, 0.5) is 0 Å². The minimum atomic E-state index is -0.571. The number of carbonyl (C=O) groups is 1. The third-order valence-electron chi connectivity index (χ3n) is 2.97. The zero-order valence-corrected chi connectivity index (χ0v) is 12.4. The van der Waals surface area contributed by atoms with Crippen molar-refractivity contribution in [2.75, 3.05) is 7.11 Å². The predicted molar refractivity (Wildman–Crippen MR) is 79.8 cm³/mol. The first-order valence-corrected chi connectivity index (χ1v) is 6.41. The Hall–Kier alpha value is -2.07. The molecule has 2 N–H and O–H groups in total. The van der Waals surface area contributed by atoms with Gasteiger partial charge in [-0.15, -0.1) is 0 Å². The van der Waals surface area contributed by atoms with Gasteiger partial charge in [-0.2, -0.15) is 0 Å². The van der Waals surface area contributed by atoms with Gasteiger partial charge >= 0.3 is 0 Å². The molecule has 1 rings (SSSR count). The molecule has 1 amide bonds. The number of allylic oxidation sites excluding steroid dienone is 2. The number of hydrogen-bond donors (Lipinski definition) is 2. The van der Waals surface area contributed by atoms with Gasteiger partial charge in [-0.25, -0.2) is 5.48 Å².